The first kappa shape index (κ1) is 15.3. The maximum Gasteiger partial charge on any atom is 0.204 e. The van der Waals surface area contributed by atoms with E-state index in [9.17, 15) is 0 Å². The number of nitrogens with one attached hydrogen (secondary N) is 1. The topological polar surface area (TPSA) is 48.3 Å². The molecule has 1 heterocycles. The monoisotopic (exact) mass is 303 g/mol. The van der Waals surface area contributed by atoms with Gasteiger partial charge in [0, 0.05) is 20.8 Å². The molecule has 1 aliphatic carbocycles. The Morgan fingerprint density at radius 1 is 1.23 bits per heavy atom. The van der Waals surface area contributed by atoms with E-state index in [1.54, 1.807) is 14.2 Å². The third kappa shape index (κ3) is 3.10. The molecule has 1 aliphatic rings. The van der Waals surface area contributed by atoms with E-state index >= 15 is 0 Å². The van der Waals surface area contributed by atoms with Crippen LogP contribution in [0.4, 0.5) is 5.95 Å². The SMILES string of the molecule is COCCn1c(NC2CCCCC2OC)nc2ccccc21. The molecule has 22 heavy (non-hydrogen) atoms. The van der Waals surface area contributed by atoms with Gasteiger partial charge in [-0.3, -0.25) is 0 Å². The van der Waals surface area contributed by atoms with E-state index in [2.05, 4.69) is 28.1 Å². The molecule has 120 valence electrons. The van der Waals surface area contributed by atoms with Gasteiger partial charge in [0.2, 0.25) is 5.95 Å². The number of aromatic nitrogens is 2. The summed E-state index contributed by atoms with van der Waals surface area (Å²) in [6.07, 6.45) is 5.01. The Morgan fingerprint density at radius 3 is 2.86 bits per heavy atom. The van der Waals surface area contributed by atoms with Gasteiger partial charge in [-0.25, -0.2) is 4.98 Å². The first-order valence-electron chi connectivity index (χ1n) is 8.07. The third-order valence-corrected chi connectivity index (χ3v) is 4.49. The molecular weight excluding hydrogens is 278 g/mol. The zero-order valence-corrected chi connectivity index (χ0v) is 13.4. The molecule has 0 bridgehead atoms. The molecule has 0 amide bonds. The van der Waals surface area contributed by atoms with Gasteiger partial charge in [0.15, 0.2) is 0 Å². The van der Waals surface area contributed by atoms with E-state index < -0.39 is 0 Å². The van der Waals surface area contributed by atoms with E-state index in [0.29, 0.717) is 12.6 Å². The minimum atomic E-state index is 0.268. The number of rotatable bonds is 6. The highest BCUT2D eigenvalue weighted by Crippen LogP contribution is 2.26. The standard InChI is InChI=1S/C17H25N3O2/c1-21-12-11-20-15-9-5-3-7-13(15)18-17(20)19-14-8-4-6-10-16(14)22-2/h3,5,7,9,14,16H,4,6,8,10-12H2,1-2H3,(H,18,19). The van der Waals surface area contributed by atoms with Crippen LogP contribution in [0, 0.1) is 0 Å². The number of hydrogen-bond acceptors (Lipinski definition) is 4. The lowest BCUT2D eigenvalue weighted by Crippen LogP contribution is -2.38. The molecule has 5 heteroatoms. The molecule has 1 aromatic heterocycles. The summed E-state index contributed by atoms with van der Waals surface area (Å²) in [6, 6.07) is 8.57. The van der Waals surface area contributed by atoms with Crippen LogP contribution >= 0.6 is 0 Å². The van der Waals surface area contributed by atoms with Crippen LogP contribution in [0.1, 0.15) is 25.7 Å². The molecule has 1 aromatic carbocycles. The Hall–Kier alpha value is -1.59. The normalized spacial score (nSPS) is 22.1. The summed E-state index contributed by atoms with van der Waals surface area (Å²) in [5.41, 5.74) is 2.16. The summed E-state index contributed by atoms with van der Waals surface area (Å²) in [5, 5.41) is 3.62. The van der Waals surface area contributed by atoms with Gasteiger partial charge in [0.05, 0.1) is 29.8 Å². The summed E-state index contributed by atoms with van der Waals surface area (Å²) >= 11 is 0. The fraction of sp³-hybridized carbons (Fsp3) is 0.588. The maximum absolute atomic E-state index is 5.65. The molecule has 2 unspecified atom stereocenters. The van der Waals surface area contributed by atoms with Crippen LogP contribution in [0.15, 0.2) is 24.3 Å². The van der Waals surface area contributed by atoms with Crippen LogP contribution in [-0.4, -0.2) is 42.5 Å². The summed E-state index contributed by atoms with van der Waals surface area (Å²) in [7, 11) is 3.53. The van der Waals surface area contributed by atoms with Gasteiger partial charge in [-0.1, -0.05) is 25.0 Å². The second-order valence-electron chi connectivity index (χ2n) is 5.88. The summed E-state index contributed by atoms with van der Waals surface area (Å²) < 4.78 is 13.1. The minimum absolute atomic E-state index is 0.268. The molecule has 0 radical (unpaired) electrons. The van der Waals surface area contributed by atoms with Gasteiger partial charge in [0.1, 0.15) is 0 Å². The van der Waals surface area contributed by atoms with Crippen LogP contribution in [0.25, 0.3) is 11.0 Å². The molecule has 0 aliphatic heterocycles. The third-order valence-electron chi connectivity index (χ3n) is 4.49. The van der Waals surface area contributed by atoms with Crippen molar-refractivity contribution in [3.05, 3.63) is 24.3 Å². The Kier molecular flexibility index (Phi) is 4.95. The Labute approximate surface area is 131 Å². The largest absolute Gasteiger partial charge is 0.383 e. The predicted octanol–water partition coefficient (Wildman–Crippen LogP) is 3.05. The van der Waals surface area contributed by atoms with Gasteiger partial charge >= 0.3 is 0 Å². The second-order valence-corrected chi connectivity index (χ2v) is 5.88. The lowest BCUT2D eigenvalue weighted by atomic mass is 9.92. The van der Waals surface area contributed by atoms with Gasteiger partial charge in [0.25, 0.3) is 0 Å². The summed E-state index contributed by atoms with van der Waals surface area (Å²) in [4.78, 5) is 4.77. The second kappa shape index (κ2) is 7.11. The van der Waals surface area contributed by atoms with Crippen LogP contribution < -0.4 is 5.32 Å². The zero-order valence-electron chi connectivity index (χ0n) is 13.4. The highest BCUT2D eigenvalue weighted by molar-refractivity contribution is 5.78. The number of hydrogen-bond donors (Lipinski definition) is 1. The van der Waals surface area contributed by atoms with Crippen molar-refractivity contribution < 1.29 is 9.47 Å². The fourth-order valence-corrected chi connectivity index (χ4v) is 3.30. The number of ether oxygens (including phenoxy) is 2. The van der Waals surface area contributed by atoms with Crippen molar-refractivity contribution in [3.63, 3.8) is 0 Å². The van der Waals surface area contributed by atoms with Gasteiger partial charge in [-0.15, -0.1) is 0 Å². The van der Waals surface area contributed by atoms with Gasteiger partial charge in [-0.2, -0.15) is 0 Å². The molecule has 2 atom stereocenters. The molecule has 2 aromatic rings. The smallest absolute Gasteiger partial charge is 0.204 e. The average Bonchev–Trinajstić information content (AvgIpc) is 2.90. The molecule has 1 fully saturated rings. The molecule has 1 N–H and O–H groups in total. The Bertz CT molecular complexity index is 611. The van der Waals surface area contributed by atoms with Gasteiger partial charge in [-0.05, 0) is 25.0 Å². The number of methoxy groups -OCH3 is 2. The van der Waals surface area contributed by atoms with Crippen molar-refractivity contribution in [3.8, 4) is 0 Å². The van der Waals surface area contributed by atoms with E-state index in [0.717, 1.165) is 36.4 Å². The average molecular weight is 303 g/mol. The molecule has 0 saturated heterocycles. The Balaban J connectivity index is 1.88. The predicted molar refractivity (Wildman–Crippen MR) is 88.3 cm³/mol. The van der Waals surface area contributed by atoms with Crippen LogP contribution in [0.2, 0.25) is 0 Å². The highest BCUT2D eigenvalue weighted by atomic mass is 16.5. The summed E-state index contributed by atoms with van der Waals surface area (Å²) in [5.74, 6) is 0.923. The molecular formula is C17H25N3O2. The maximum atomic E-state index is 5.65. The highest BCUT2D eigenvalue weighted by Gasteiger charge is 2.26. The summed E-state index contributed by atoms with van der Waals surface area (Å²) in [6.45, 7) is 1.47. The minimum Gasteiger partial charge on any atom is -0.383 e. The van der Waals surface area contributed by atoms with Crippen molar-refractivity contribution >= 4 is 17.0 Å². The first-order valence-corrected chi connectivity index (χ1v) is 8.07. The number of para-hydroxylation sites is 2. The van der Waals surface area contributed by atoms with Crippen molar-refractivity contribution in [2.45, 2.75) is 44.4 Å². The molecule has 0 spiro atoms. The van der Waals surface area contributed by atoms with Crippen LogP contribution in [0.5, 0.6) is 0 Å². The van der Waals surface area contributed by atoms with Gasteiger partial charge < -0.3 is 19.4 Å². The van der Waals surface area contributed by atoms with E-state index in [1.807, 2.05) is 6.07 Å². The van der Waals surface area contributed by atoms with Crippen LogP contribution in [0.3, 0.4) is 0 Å². The number of benzene rings is 1. The number of anilines is 1. The molecule has 5 nitrogen and oxygen atoms in total. The first-order chi connectivity index (χ1) is 10.8. The van der Waals surface area contributed by atoms with Crippen molar-refractivity contribution in [1.29, 1.82) is 0 Å². The number of imidazole rings is 1. The quantitative estimate of drug-likeness (QED) is 0.891. The van der Waals surface area contributed by atoms with E-state index in [4.69, 9.17) is 14.5 Å². The number of fused-ring (bicyclic) bond motifs is 1. The number of nitrogens with zero attached hydrogens (tertiary/aromatic N) is 2. The van der Waals surface area contributed by atoms with Crippen molar-refractivity contribution in [2.24, 2.45) is 0 Å². The lowest BCUT2D eigenvalue weighted by Gasteiger charge is -2.31. The van der Waals surface area contributed by atoms with E-state index in [-0.39, 0.29) is 6.10 Å². The lowest BCUT2D eigenvalue weighted by molar-refractivity contribution is 0.0602. The van der Waals surface area contributed by atoms with E-state index in [1.165, 1.54) is 12.8 Å². The van der Waals surface area contributed by atoms with Crippen molar-refractivity contribution in [1.82, 2.24) is 9.55 Å². The van der Waals surface area contributed by atoms with Crippen molar-refractivity contribution in [2.75, 3.05) is 26.1 Å². The fourth-order valence-electron chi connectivity index (χ4n) is 3.30. The Morgan fingerprint density at radius 2 is 2.05 bits per heavy atom. The molecule has 1 saturated carbocycles. The molecule has 3 rings (SSSR count). The zero-order chi connectivity index (χ0) is 15.4. The van der Waals surface area contributed by atoms with Crippen LogP contribution in [-0.2, 0) is 16.0 Å².